The fourth-order valence-corrected chi connectivity index (χ4v) is 3.02. The maximum Gasteiger partial charge on any atom is 0.270 e. The number of aliphatic imine (C=N–C) groups is 1. The number of aromatic nitrogens is 2. The quantitative estimate of drug-likeness (QED) is 0.412. The Labute approximate surface area is 146 Å². The normalized spacial score (nSPS) is 12.6. The van der Waals surface area contributed by atoms with Crippen molar-refractivity contribution in [3.63, 3.8) is 0 Å². The highest BCUT2D eigenvalue weighted by molar-refractivity contribution is 6.15. The van der Waals surface area contributed by atoms with Gasteiger partial charge in [-0.25, -0.2) is 9.37 Å². The lowest BCUT2D eigenvalue weighted by Gasteiger charge is -2.13. The van der Waals surface area contributed by atoms with Crippen molar-refractivity contribution in [2.75, 3.05) is 0 Å². The third-order valence-electron chi connectivity index (χ3n) is 4.18. The number of imidazole rings is 1. The number of nitro groups is 1. The molecule has 3 aromatic rings. The van der Waals surface area contributed by atoms with E-state index in [-0.39, 0.29) is 23.5 Å². The number of aldehydes is 1. The zero-order valence-corrected chi connectivity index (χ0v) is 13.3. The Morgan fingerprint density at radius 2 is 2.00 bits per heavy atom. The highest BCUT2D eigenvalue weighted by Crippen LogP contribution is 2.29. The minimum Gasteiger partial charge on any atom is -0.296 e. The summed E-state index contributed by atoms with van der Waals surface area (Å²) in [7, 11) is 0. The molecule has 0 saturated carbocycles. The standard InChI is InChI=1S/C18H11FN4O3/c19-15-4-2-1-3-13(15)18-14-7-11(23(25)26)5-6-16(14)22-12(10-24)8-20-17(22)9-21-18/h1-8,10H,9H2. The van der Waals surface area contributed by atoms with Crippen molar-refractivity contribution in [3.8, 4) is 5.69 Å². The number of nitrogens with zero attached hydrogens (tertiary/aromatic N) is 4. The van der Waals surface area contributed by atoms with Gasteiger partial charge in [-0.05, 0) is 18.2 Å². The van der Waals surface area contributed by atoms with Gasteiger partial charge in [0.25, 0.3) is 5.69 Å². The number of halogens is 1. The van der Waals surface area contributed by atoms with Crippen LogP contribution in [0.25, 0.3) is 5.69 Å². The van der Waals surface area contributed by atoms with Crippen LogP contribution < -0.4 is 0 Å². The molecule has 128 valence electrons. The third kappa shape index (κ3) is 2.39. The summed E-state index contributed by atoms with van der Waals surface area (Å²) in [5.41, 5.74) is 1.51. The first-order chi connectivity index (χ1) is 12.6. The molecule has 0 saturated heterocycles. The number of nitro benzene ring substituents is 1. The predicted octanol–water partition coefficient (Wildman–Crippen LogP) is 3.08. The first-order valence-electron chi connectivity index (χ1n) is 7.70. The molecular formula is C18H11FN4O3. The van der Waals surface area contributed by atoms with E-state index < -0.39 is 10.7 Å². The molecule has 8 heteroatoms. The molecule has 0 aliphatic carbocycles. The Morgan fingerprint density at radius 1 is 1.19 bits per heavy atom. The summed E-state index contributed by atoms with van der Waals surface area (Å²) in [5.74, 6) is 0.00685. The maximum atomic E-state index is 14.4. The zero-order chi connectivity index (χ0) is 18.3. The fraction of sp³-hybridized carbons (Fsp3) is 0.0556. The Bertz CT molecular complexity index is 1090. The smallest absolute Gasteiger partial charge is 0.270 e. The summed E-state index contributed by atoms with van der Waals surface area (Å²) in [6, 6.07) is 10.3. The number of rotatable bonds is 3. The predicted molar refractivity (Wildman–Crippen MR) is 91.3 cm³/mol. The number of hydrogen-bond donors (Lipinski definition) is 0. The highest BCUT2D eigenvalue weighted by atomic mass is 19.1. The molecule has 4 rings (SSSR count). The van der Waals surface area contributed by atoms with Gasteiger partial charge in [-0.1, -0.05) is 12.1 Å². The first kappa shape index (κ1) is 15.8. The maximum absolute atomic E-state index is 14.4. The summed E-state index contributed by atoms with van der Waals surface area (Å²) >= 11 is 0. The molecule has 0 N–H and O–H groups in total. The van der Waals surface area contributed by atoms with Crippen molar-refractivity contribution in [1.29, 1.82) is 0 Å². The van der Waals surface area contributed by atoms with Gasteiger partial charge in [0.1, 0.15) is 17.3 Å². The van der Waals surface area contributed by atoms with E-state index in [0.29, 0.717) is 29.1 Å². The van der Waals surface area contributed by atoms with E-state index in [0.717, 1.165) is 0 Å². The van der Waals surface area contributed by atoms with Gasteiger partial charge < -0.3 is 0 Å². The summed E-state index contributed by atoms with van der Waals surface area (Å²) in [6.45, 7) is 0.111. The summed E-state index contributed by atoms with van der Waals surface area (Å²) in [4.78, 5) is 30.7. The number of benzene rings is 2. The molecule has 0 spiro atoms. The fourth-order valence-electron chi connectivity index (χ4n) is 3.02. The Hall–Kier alpha value is -3.68. The molecule has 26 heavy (non-hydrogen) atoms. The molecule has 7 nitrogen and oxygen atoms in total. The Kier molecular flexibility index (Phi) is 3.65. The molecule has 0 fully saturated rings. The van der Waals surface area contributed by atoms with Crippen LogP contribution in [0.5, 0.6) is 0 Å². The highest BCUT2D eigenvalue weighted by Gasteiger charge is 2.25. The second kappa shape index (κ2) is 5.99. The lowest BCUT2D eigenvalue weighted by Crippen LogP contribution is -2.11. The molecule has 0 unspecified atom stereocenters. The van der Waals surface area contributed by atoms with Crippen LogP contribution in [-0.4, -0.2) is 26.5 Å². The zero-order valence-electron chi connectivity index (χ0n) is 13.3. The van der Waals surface area contributed by atoms with Crippen LogP contribution in [-0.2, 0) is 6.54 Å². The van der Waals surface area contributed by atoms with Gasteiger partial charge in [0.15, 0.2) is 6.29 Å². The van der Waals surface area contributed by atoms with E-state index in [1.54, 1.807) is 22.8 Å². The summed E-state index contributed by atoms with van der Waals surface area (Å²) in [6.07, 6.45) is 2.06. The molecule has 1 aliphatic heterocycles. The van der Waals surface area contributed by atoms with E-state index >= 15 is 0 Å². The van der Waals surface area contributed by atoms with E-state index in [2.05, 4.69) is 9.98 Å². The van der Waals surface area contributed by atoms with Crippen LogP contribution in [0.15, 0.2) is 53.7 Å². The van der Waals surface area contributed by atoms with Crippen LogP contribution in [0.3, 0.4) is 0 Å². The average Bonchev–Trinajstić information content (AvgIpc) is 2.98. The van der Waals surface area contributed by atoms with E-state index in [1.165, 1.54) is 30.5 Å². The molecule has 0 radical (unpaired) electrons. The minimum atomic E-state index is -0.528. The van der Waals surface area contributed by atoms with Gasteiger partial charge in [-0.15, -0.1) is 0 Å². The van der Waals surface area contributed by atoms with Gasteiger partial charge in [-0.2, -0.15) is 0 Å². The summed E-state index contributed by atoms with van der Waals surface area (Å²) < 4.78 is 16.0. The van der Waals surface area contributed by atoms with Gasteiger partial charge in [0.2, 0.25) is 0 Å². The van der Waals surface area contributed by atoms with Gasteiger partial charge >= 0.3 is 0 Å². The first-order valence-corrected chi connectivity index (χ1v) is 7.70. The molecule has 1 aliphatic rings. The second-order valence-electron chi connectivity index (χ2n) is 5.66. The van der Waals surface area contributed by atoms with Crippen molar-refractivity contribution >= 4 is 17.7 Å². The van der Waals surface area contributed by atoms with Crippen LogP contribution in [0.1, 0.15) is 27.4 Å². The molecule has 2 heterocycles. The topological polar surface area (TPSA) is 90.4 Å². The second-order valence-corrected chi connectivity index (χ2v) is 5.66. The molecule has 0 bridgehead atoms. The monoisotopic (exact) mass is 350 g/mol. The van der Waals surface area contributed by atoms with Crippen LogP contribution in [0, 0.1) is 15.9 Å². The number of carbonyl (C=O) groups excluding carboxylic acids is 1. The van der Waals surface area contributed by atoms with Gasteiger partial charge in [-0.3, -0.25) is 24.5 Å². The average molecular weight is 350 g/mol. The van der Waals surface area contributed by atoms with E-state index in [4.69, 9.17) is 0 Å². The van der Waals surface area contributed by atoms with Crippen LogP contribution >= 0.6 is 0 Å². The van der Waals surface area contributed by atoms with Crippen molar-refractivity contribution in [3.05, 3.63) is 87.2 Å². The number of carbonyl (C=O) groups is 1. The minimum absolute atomic E-state index is 0.111. The molecule has 2 aromatic carbocycles. The largest absolute Gasteiger partial charge is 0.296 e. The van der Waals surface area contributed by atoms with Crippen molar-refractivity contribution < 1.29 is 14.1 Å². The number of non-ortho nitro benzene ring substituents is 1. The number of fused-ring (bicyclic) bond motifs is 3. The number of hydrogen-bond acceptors (Lipinski definition) is 5. The van der Waals surface area contributed by atoms with Crippen molar-refractivity contribution in [2.24, 2.45) is 4.99 Å². The van der Waals surface area contributed by atoms with Crippen LogP contribution in [0.4, 0.5) is 10.1 Å². The SMILES string of the molecule is O=Cc1cnc2n1-c1ccc([N+](=O)[O-])cc1C(c1ccccc1F)=NC2. The Balaban J connectivity index is 2.04. The Morgan fingerprint density at radius 3 is 2.73 bits per heavy atom. The van der Waals surface area contributed by atoms with Crippen molar-refractivity contribution in [1.82, 2.24) is 9.55 Å². The molecule has 0 atom stereocenters. The molecular weight excluding hydrogens is 339 g/mol. The molecule has 0 amide bonds. The van der Waals surface area contributed by atoms with Crippen LogP contribution in [0.2, 0.25) is 0 Å². The van der Waals surface area contributed by atoms with Gasteiger partial charge in [0.05, 0.1) is 29.1 Å². The lowest BCUT2D eigenvalue weighted by atomic mass is 9.99. The van der Waals surface area contributed by atoms with E-state index in [1.807, 2.05) is 0 Å². The van der Waals surface area contributed by atoms with Gasteiger partial charge in [0, 0.05) is 23.3 Å². The molecule has 1 aromatic heterocycles. The summed E-state index contributed by atoms with van der Waals surface area (Å²) in [5, 5.41) is 11.2. The van der Waals surface area contributed by atoms with E-state index in [9.17, 15) is 19.3 Å². The lowest BCUT2D eigenvalue weighted by molar-refractivity contribution is -0.384. The van der Waals surface area contributed by atoms with Crippen molar-refractivity contribution in [2.45, 2.75) is 6.54 Å². The third-order valence-corrected chi connectivity index (χ3v) is 4.18.